The Bertz CT molecular complexity index is 1480. The van der Waals surface area contributed by atoms with Crippen molar-refractivity contribution in [3.05, 3.63) is 56.7 Å². The molecule has 7 aliphatic carbocycles. The monoisotopic (exact) mass is 618 g/mol. The van der Waals surface area contributed by atoms with Gasteiger partial charge in [-0.1, -0.05) is 52.2 Å². The molecule has 1 aromatic carbocycles. The van der Waals surface area contributed by atoms with Crippen molar-refractivity contribution in [1.82, 2.24) is 0 Å². The van der Waals surface area contributed by atoms with E-state index in [1.807, 2.05) is 20.8 Å². The molecule has 6 heteroatoms. The standard InChI is InChI=1S/C38H50O5S/c1-20(2)29-19-35(21(3)10-36(29)44(40,41)42)43-38(39)37-33(31-15-23-5-8-26(31)12-23)17-28(30-14-22-4-7-25(30)11-22)18-34(37)32-16-24-6-9-27(32)13-24/h17-27,30-32H,4-16H2,1-3H3,(H,40,41,42). The van der Waals surface area contributed by atoms with E-state index in [0.717, 1.165) is 29.2 Å². The number of ether oxygens (including phenoxy) is 1. The summed E-state index contributed by atoms with van der Waals surface area (Å²) >= 11 is 0. The third kappa shape index (κ3) is 4.96. The first-order valence-corrected chi connectivity index (χ1v) is 19.3. The highest BCUT2D eigenvalue weighted by Crippen LogP contribution is 2.59. The maximum Gasteiger partial charge on any atom is 0.343 e. The van der Waals surface area contributed by atoms with Crippen LogP contribution in [0, 0.1) is 47.3 Å². The normalized spacial score (nSPS) is 39.2. The lowest BCUT2D eigenvalue weighted by Gasteiger charge is -2.33. The minimum Gasteiger partial charge on any atom is -0.427 e. The zero-order chi connectivity index (χ0) is 30.5. The topological polar surface area (TPSA) is 80.7 Å². The van der Waals surface area contributed by atoms with Gasteiger partial charge in [0.15, 0.2) is 0 Å². The minimum atomic E-state index is -4.32. The first-order valence-electron chi connectivity index (χ1n) is 17.9. The fourth-order valence-corrected chi connectivity index (χ4v) is 12.6. The minimum absolute atomic E-state index is 0.0559. The van der Waals surface area contributed by atoms with Gasteiger partial charge in [0.25, 0.3) is 10.1 Å². The second-order valence-corrected chi connectivity index (χ2v) is 17.9. The van der Waals surface area contributed by atoms with Crippen molar-refractivity contribution >= 4 is 16.1 Å². The van der Waals surface area contributed by atoms with Crippen LogP contribution in [-0.2, 0) is 14.9 Å². The summed E-state index contributed by atoms with van der Waals surface area (Å²) in [7, 11) is -4.32. The molecule has 6 saturated carbocycles. The highest BCUT2D eigenvalue weighted by Gasteiger charge is 2.47. The first kappa shape index (κ1) is 29.5. The molecular weight excluding hydrogens is 568 g/mol. The van der Waals surface area contributed by atoms with Crippen LogP contribution in [0.5, 0.6) is 0 Å². The summed E-state index contributed by atoms with van der Waals surface area (Å²) in [5.74, 6) is 5.91. The predicted octanol–water partition coefficient (Wildman–Crippen LogP) is 9.28. The molecule has 5 nitrogen and oxygen atoms in total. The van der Waals surface area contributed by atoms with Crippen molar-refractivity contribution in [1.29, 1.82) is 0 Å². The fraction of sp³-hybridized carbons (Fsp3) is 0.711. The summed E-state index contributed by atoms with van der Waals surface area (Å²) in [6, 6.07) is 4.97. The summed E-state index contributed by atoms with van der Waals surface area (Å²) in [5, 5.41) is 0. The second-order valence-electron chi connectivity index (χ2n) is 16.5. The van der Waals surface area contributed by atoms with Crippen LogP contribution in [0.15, 0.2) is 34.4 Å². The van der Waals surface area contributed by atoms with E-state index in [4.69, 9.17) is 4.74 Å². The molecule has 8 rings (SSSR count). The average molecular weight is 619 g/mol. The molecule has 7 aliphatic rings. The molecule has 10 unspecified atom stereocenters. The van der Waals surface area contributed by atoms with Crippen LogP contribution in [0.3, 0.4) is 0 Å². The van der Waals surface area contributed by atoms with Crippen molar-refractivity contribution < 1.29 is 22.5 Å². The molecule has 1 N–H and O–H groups in total. The van der Waals surface area contributed by atoms with Gasteiger partial charge in [0.05, 0.1) is 10.5 Å². The highest BCUT2D eigenvalue weighted by atomic mass is 32.2. The number of carbonyl (C=O) groups is 1. The Morgan fingerprint density at radius 1 is 0.795 bits per heavy atom. The van der Waals surface area contributed by atoms with Crippen LogP contribution < -0.4 is 0 Å². The molecule has 10 atom stereocenters. The van der Waals surface area contributed by atoms with E-state index in [9.17, 15) is 17.8 Å². The van der Waals surface area contributed by atoms with Crippen LogP contribution in [-0.4, -0.2) is 18.9 Å². The number of benzene rings is 1. The number of fused-ring (bicyclic) bond motifs is 6. The molecule has 0 radical (unpaired) electrons. The van der Waals surface area contributed by atoms with E-state index >= 15 is 0 Å². The van der Waals surface area contributed by atoms with Gasteiger partial charge in [-0.15, -0.1) is 0 Å². The van der Waals surface area contributed by atoms with Gasteiger partial charge in [0.2, 0.25) is 0 Å². The van der Waals surface area contributed by atoms with E-state index < -0.39 is 10.1 Å². The summed E-state index contributed by atoms with van der Waals surface area (Å²) < 4.78 is 40.9. The molecule has 44 heavy (non-hydrogen) atoms. The van der Waals surface area contributed by atoms with Crippen molar-refractivity contribution in [2.75, 3.05) is 0 Å². The molecule has 0 saturated heterocycles. The van der Waals surface area contributed by atoms with Crippen LogP contribution in [0.1, 0.15) is 149 Å². The number of rotatable bonds is 7. The third-order valence-corrected chi connectivity index (χ3v) is 14.6. The smallest absolute Gasteiger partial charge is 0.343 e. The van der Waals surface area contributed by atoms with E-state index in [1.165, 1.54) is 93.7 Å². The number of allylic oxidation sites excluding steroid dienone is 4. The third-order valence-electron chi connectivity index (χ3n) is 13.6. The van der Waals surface area contributed by atoms with E-state index in [0.29, 0.717) is 40.9 Å². The van der Waals surface area contributed by atoms with Gasteiger partial charge >= 0.3 is 5.97 Å². The van der Waals surface area contributed by atoms with Gasteiger partial charge in [-0.25, -0.2) is 4.79 Å². The SMILES string of the molecule is CC(C)C1=C(S(=O)(=O)O)CC(C)C(OC(=O)c2c(C3CC4CCC3C4)cc(C3CC4CCC3C4)cc2C2CC3CCC2C3)=C1. The molecule has 6 fully saturated rings. The lowest BCUT2D eigenvalue weighted by Crippen LogP contribution is -2.24. The van der Waals surface area contributed by atoms with Crippen LogP contribution in [0.25, 0.3) is 0 Å². The van der Waals surface area contributed by atoms with Crippen LogP contribution in [0.4, 0.5) is 0 Å². The highest BCUT2D eigenvalue weighted by molar-refractivity contribution is 7.89. The lowest BCUT2D eigenvalue weighted by molar-refractivity contribution is 0.0584. The number of hydrogen-bond acceptors (Lipinski definition) is 4. The van der Waals surface area contributed by atoms with Crippen molar-refractivity contribution in [2.24, 2.45) is 47.3 Å². The quantitative estimate of drug-likeness (QED) is 0.243. The van der Waals surface area contributed by atoms with Gasteiger partial charge in [-0.3, -0.25) is 4.55 Å². The first-order chi connectivity index (χ1) is 21.0. The van der Waals surface area contributed by atoms with Crippen molar-refractivity contribution in [2.45, 2.75) is 122 Å². The Labute approximate surface area is 264 Å². The maximum absolute atomic E-state index is 14.7. The van der Waals surface area contributed by atoms with Gasteiger partial charge < -0.3 is 4.74 Å². The molecule has 0 heterocycles. The van der Waals surface area contributed by atoms with Crippen LogP contribution in [0.2, 0.25) is 0 Å². The van der Waals surface area contributed by atoms with Gasteiger partial charge in [-0.05, 0) is 152 Å². The molecule has 0 aromatic heterocycles. The van der Waals surface area contributed by atoms with Gasteiger partial charge in [-0.2, -0.15) is 8.42 Å². The Morgan fingerprint density at radius 2 is 1.30 bits per heavy atom. The summed E-state index contributed by atoms with van der Waals surface area (Å²) in [6.07, 6.45) is 17.5. The molecule has 238 valence electrons. The van der Waals surface area contributed by atoms with E-state index in [-0.39, 0.29) is 29.1 Å². The number of esters is 1. The Kier molecular flexibility index (Phi) is 7.25. The molecule has 0 aliphatic heterocycles. The number of carbonyl (C=O) groups excluding carboxylic acids is 1. The zero-order valence-corrected chi connectivity index (χ0v) is 27.6. The predicted molar refractivity (Wildman–Crippen MR) is 172 cm³/mol. The van der Waals surface area contributed by atoms with Crippen LogP contribution >= 0.6 is 0 Å². The largest absolute Gasteiger partial charge is 0.427 e. The Morgan fingerprint density at radius 3 is 1.70 bits per heavy atom. The molecular formula is C38H50O5S. The van der Waals surface area contributed by atoms with E-state index in [1.54, 1.807) is 6.08 Å². The number of hydrogen-bond donors (Lipinski definition) is 1. The molecule has 0 spiro atoms. The van der Waals surface area contributed by atoms with E-state index in [2.05, 4.69) is 12.1 Å². The van der Waals surface area contributed by atoms with Crippen molar-refractivity contribution in [3.8, 4) is 0 Å². The second kappa shape index (κ2) is 10.8. The Hall–Kier alpha value is -1.92. The lowest BCUT2D eigenvalue weighted by atomic mass is 9.72. The average Bonchev–Trinajstić information content (AvgIpc) is 3.84. The summed E-state index contributed by atoms with van der Waals surface area (Å²) in [5.41, 5.74) is 5.47. The summed E-state index contributed by atoms with van der Waals surface area (Å²) in [6.45, 7) is 5.73. The zero-order valence-electron chi connectivity index (χ0n) is 26.8. The molecule has 0 amide bonds. The Balaban J connectivity index is 1.24. The molecule has 6 bridgehead atoms. The maximum atomic E-state index is 14.7. The fourth-order valence-electron chi connectivity index (χ4n) is 11.6. The van der Waals surface area contributed by atoms with Crippen molar-refractivity contribution in [3.63, 3.8) is 0 Å². The van der Waals surface area contributed by atoms with Gasteiger partial charge in [0.1, 0.15) is 5.76 Å². The van der Waals surface area contributed by atoms with Gasteiger partial charge in [0, 0.05) is 5.92 Å². The molecule has 1 aromatic rings. The summed E-state index contributed by atoms with van der Waals surface area (Å²) in [4.78, 5) is 14.8.